The molecule has 0 radical (unpaired) electrons. The molecule has 6 heteroatoms. The number of para-hydroxylation sites is 1. The minimum Gasteiger partial charge on any atom is -0.370 e. The maximum absolute atomic E-state index is 12.6. The van der Waals surface area contributed by atoms with Gasteiger partial charge in [0.05, 0.1) is 16.9 Å². The fraction of sp³-hybridized carbons (Fsp3) is 0.348. The van der Waals surface area contributed by atoms with E-state index in [1.807, 2.05) is 61.0 Å². The molecule has 3 aromatic rings. The summed E-state index contributed by atoms with van der Waals surface area (Å²) in [7, 11) is 0. The van der Waals surface area contributed by atoms with Crippen LogP contribution in [-0.2, 0) is 6.42 Å². The SMILES string of the molecule is Cc1cc(CC(C)NC(=O)c2ccc(NCC3CC3)nc2)n(-c2ccccc2)n1. The molecule has 1 aromatic carbocycles. The first-order valence-electron chi connectivity index (χ1n) is 10.2. The number of nitrogens with one attached hydrogen (secondary N) is 2. The van der Waals surface area contributed by atoms with Crippen molar-refractivity contribution in [3.63, 3.8) is 0 Å². The van der Waals surface area contributed by atoms with Gasteiger partial charge in [0.25, 0.3) is 5.91 Å². The topological polar surface area (TPSA) is 71.8 Å². The van der Waals surface area contributed by atoms with Crippen molar-refractivity contribution < 1.29 is 4.79 Å². The van der Waals surface area contributed by atoms with Gasteiger partial charge in [0.1, 0.15) is 5.82 Å². The lowest BCUT2D eigenvalue weighted by atomic mass is 10.1. The zero-order valence-electron chi connectivity index (χ0n) is 16.9. The second-order valence-electron chi connectivity index (χ2n) is 7.86. The number of aromatic nitrogens is 3. The molecule has 1 fully saturated rings. The van der Waals surface area contributed by atoms with Gasteiger partial charge < -0.3 is 10.6 Å². The van der Waals surface area contributed by atoms with Gasteiger partial charge in [-0.15, -0.1) is 0 Å². The first-order valence-corrected chi connectivity index (χ1v) is 10.2. The zero-order chi connectivity index (χ0) is 20.2. The number of anilines is 1. The Morgan fingerprint density at radius 2 is 2.00 bits per heavy atom. The fourth-order valence-corrected chi connectivity index (χ4v) is 3.37. The molecule has 1 saturated carbocycles. The first kappa shape index (κ1) is 19.2. The minimum absolute atomic E-state index is 0.0336. The molecule has 1 aliphatic carbocycles. The molecule has 1 unspecified atom stereocenters. The number of rotatable bonds is 8. The Morgan fingerprint density at radius 3 is 2.69 bits per heavy atom. The molecule has 2 aromatic heterocycles. The maximum Gasteiger partial charge on any atom is 0.253 e. The van der Waals surface area contributed by atoms with Crippen LogP contribution in [0.25, 0.3) is 5.69 Å². The van der Waals surface area contributed by atoms with Crippen LogP contribution in [0.1, 0.15) is 41.5 Å². The normalized spacial score (nSPS) is 14.4. The van der Waals surface area contributed by atoms with Gasteiger partial charge in [-0.05, 0) is 62.9 Å². The summed E-state index contributed by atoms with van der Waals surface area (Å²) in [6.45, 7) is 4.95. The van der Waals surface area contributed by atoms with E-state index in [1.54, 1.807) is 6.20 Å². The fourth-order valence-electron chi connectivity index (χ4n) is 3.37. The Kier molecular flexibility index (Phi) is 5.60. The van der Waals surface area contributed by atoms with Crippen molar-refractivity contribution in [2.75, 3.05) is 11.9 Å². The summed E-state index contributed by atoms with van der Waals surface area (Å²) < 4.78 is 1.94. The molecule has 0 saturated heterocycles. The molecule has 150 valence electrons. The van der Waals surface area contributed by atoms with Crippen molar-refractivity contribution in [3.8, 4) is 5.69 Å². The van der Waals surface area contributed by atoms with Gasteiger partial charge in [-0.25, -0.2) is 9.67 Å². The van der Waals surface area contributed by atoms with Gasteiger partial charge in [0, 0.05) is 30.9 Å². The average Bonchev–Trinajstić information content (AvgIpc) is 3.49. The van der Waals surface area contributed by atoms with Crippen LogP contribution in [0.4, 0.5) is 5.82 Å². The zero-order valence-corrected chi connectivity index (χ0v) is 16.9. The second-order valence-corrected chi connectivity index (χ2v) is 7.86. The maximum atomic E-state index is 12.6. The van der Waals surface area contributed by atoms with Gasteiger partial charge >= 0.3 is 0 Å². The highest BCUT2D eigenvalue weighted by Gasteiger charge is 2.20. The van der Waals surface area contributed by atoms with Crippen molar-refractivity contribution >= 4 is 11.7 Å². The van der Waals surface area contributed by atoms with Crippen molar-refractivity contribution in [1.82, 2.24) is 20.1 Å². The largest absolute Gasteiger partial charge is 0.370 e. The number of pyridine rings is 1. The summed E-state index contributed by atoms with van der Waals surface area (Å²) in [5.74, 6) is 1.50. The number of hydrogen-bond acceptors (Lipinski definition) is 4. The van der Waals surface area contributed by atoms with Crippen molar-refractivity contribution in [1.29, 1.82) is 0 Å². The van der Waals surface area contributed by atoms with E-state index in [4.69, 9.17) is 0 Å². The molecule has 1 aliphatic rings. The number of amides is 1. The Labute approximate surface area is 171 Å². The van der Waals surface area contributed by atoms with E-state index < -0.39 is 0 Å². The van der Waals surface area contributed by atoms with Crippen molar-refractivity contribution in [2.24, 2.45) is 5.92 Å². The van der Waals surface area contributed by atoms with E-state index in [1.165, 1.54) is 12.8 Å². The summed E-state index contributed by atoms with van der Waals surface area (Å²) in [6.07, 6.45) is 4.92. The third-order valence-electron chi connectivity index (χ3n) is 5.09. The van der Waals surface area contributed by atoms with E-state index in [9.17, 15) is 4.79 Å². The lowest BCUT2D eigenvalue weighted by Crippen LogP contribution is -2.34. The van der Waals surface area contributed by atoms with E-state index in [2.05, 4.69) is 26.8 Å². The number of nitrogens with zero attached hydrogens (tertiary/aromatic N) is 3. The van der Waals surface area contributed by atoms with E-state index in [0.717, 1.165) is 35.4 Å². The van der Waals surface area contributed by atoms with E-state index in [0.29, 0.717) is 12.0 Å². The highest BCUT2D eigenvalue weighted by molar-refractivity contribution is 5.94. The Balaban J connectivity index is 1.37. The van der Waals surface area contributed by atoms with Crippen LogP contribution in [0.5, 0.6) is 0 Å². The van der Waals surface area contributed by atoms with Crippen LogP contribution < -0.4 is 10.6 Å². The third-order valence-corrected chi connectivity index (χ3v) is 5.09. The summed E-state index contributed by atoms with van der Waals surface area (Å²) >= 11 is 0. The predicted molar refractivity (Wildman–Crippen MR) is 114 cm³/mol. The number of aryl methyl sites for hydroxylation is 1. The monoisotopic (exact) mass is 389 g/mol. The summed E-state index contributed by atoms with van der Waals surface area (Å²) in [5, 5.41) is 11.0. The molecule has 29 heavy (non-hydrogen) atoms. The molecule has 2 heterocycles. The summed E-state index contributed by atoms with van der Waals surface area (Å²) in [5.41, 5.74) is 3.62. The third kappa shape index (κ3) is 5.02. The molecule has 1 amide bonds. The highest BCUT2D eigenvalue weighted by atomic mass is 16.1. The average molecular weight is 390 g/mol. The molecule has 0 spiro atoms. The number of carbonyl (C=O) groups is 1. The minimum atomic E-state index is -0.110. The Hall–Kier alpha value is -3.15. The predicted octanol–water partition coefficient (Wildman–Crippen LogP) is 3.76. The summed E-state index contributed by atoms with van der Waals surface area (Å²) in [6, 6.07) is 15.8. The molecule has 6 nitrogen and oxygen atoms in total. The molecule has 0 aliphatic heterocycles. The first-order chi connectivity index (χ1) is 14.1. The van der Waals surface area contributed by atoms with E-state index in [-0.39, 0.29) is 11.9 Å². The number of hydrogen-bond donors (Lipinski definition) is 2. The highest BCUT2D eigenvalue weighted by Crippen LogP contribution is 2.28. The number of benzene rings is 1. The standard InChI is InChI=1S/C23H27N5O/c1-16(12-21-13-17(2)27-28(21)20-6-4-3-5-7-20)26-23(29)19-10-11-22(25-15-19)24-14-18-8-9-18/h3-7,10-11,13,15-16,18H,8-9,12,14H2,1-2H3,(H,24,25)(H,26,29). The molecular weight excluding hydrogens is 362 g/mol. The van der Waals surface area contributed by atoms with Crippen LogP contribution in [0.2, 0.25) is 0 Å². The van der Waals surface area contributed by atoms with Crippen LogP contribution >= 0.6 is 0 Å². The van der Waals surface area contributed by atoms with Crippen molar-refractivity contribution in [2.45, 2.75) is 39.2 Å². The molecule has 1 atom stereocenters. The van der Waals surface area contributed by atoms with Crippen LogP contribution in [0, 0.1) is 12.8 Å². The van der Waals surface area contributed by atoms with Crippen LogP contribution in [-0.4, -0.2) is 33.3 Å². The molecule has 4 rings (SSSR count). The van der Waals surface area contributed by atoms with Crippen molar-refractivity contribution in [3.05, 3.63) is 71.7 Å². The smallest absolute Gasteiger partial charge is 0.253 e. The van der Waals surface area contributed by atoms with Gasteiger partial charge in [-0.3, -0.25) is 4.79 Å². The Morgan fingerprint density at radius 1 is 1.21 bits per heavy atom. The van der Waals surface area contributed by atoms with Gasteiger partial charge in [-0.1, -0.05) is 18.2 Å². The molecular formula is C23H27N5O. The van der Waals surface area contributed by atoms with Gasteiger partial charge in [-0.2, -0.15) is 5.10 Å². The molecule has 2 N–H and O–H groups in total. The van der Waals surface area contributed by atoms with Crippen LogP contribution in [0.15, 0.2) is 54.7 Å². The molecule has 0 bridgehead atoms. The Bertz CT molecular complexity index is 961. The quantitative estimate of drug-likeness (QED) is 0.615. The van der Waals surface area contributed by atoms with Gasteiger partial charge in [0.15, 0.2) is 0 Å². The van der Waals surface area contributed by atoms with Crippen LogP contribution in [0.3, 0.4) is 0 Å². The lowest BCUT2D eigenvalue weighted by Gasteiger charge is -2.15. The lowest BCUT2D eigenvalue weighted by molar-refractivity contribution is 0.0939. The summed E-state index contributed by atoms with van der Waals surface area (Å²) in [4.78, 5) is 17.0. The van der Waals surface area contributed by atoms with Gasteiger partial charge in [0.2, 0.25) is 0 Å². The van der Waals surface area contributed by atoms with E-state index >= 15 is 0 Å². The second kappa shape index (κ2) is 8.47. The number of carbonyl (C=O) groups excluding carboxylic acids is 1.